The standard InChI is InChI=1S/C12H15BFNO6/c1-19-5-2-6-20-12-9(14)4-3-8-10(7-15(17)18)21-13(16)11(8)12/h3-4,10,16H,2,5-7H2,1H3. The van der Waals surface area contributed by atoms with Crippen molar-refractivity contribution in [2.24, 2.45) is 0 Å². The summed E-state index contributed by atoms with van der Waals surface area (Å²) in [6, 6.07) is 2.52. The Morgan fingerprint density at radius 1 is 1.52 bits per heavy atom. The Morgan fingerprint density at radius 3 is 2.95 bits per heavy atom. The summed E-state index contributed by atoms with van der Waals surface area (Å²) in [6.45, 7) is 0.159. The summed E-state index contributed by atoms with van der Waals surface area (Å²) in [5, 5.41) is 20.4. The van der Waals surface area contributed by atoms with Crippen LogP contribution in [-0.4, -0.2) is 43.9 Å². The fourth-order valence-corrected chi connectivity index (χ4v) is 2.22. The van der Waals surface area contributed by atoms with E-state index < -0.39 is 30.5 Å². The van der Waals surface area contributed by atoms with Crippen molar-refractivity contribution in [2.45, 2.75) is 12.5 Å². The van der Waals surface area contributed by atoms with Gasteiger partial charge in [0.15, 0.2) is 11.6 Å². The number of nitrogens with zero attached hydrogens (tertiary/aromatic N) is 1. The maximum atomic E-state index is 13.9. The minimum absolute atomic E-state index is 0.123. The van der Waals surface area contributed by atoms with Crippen LogP contribution in [0.2, 0.25) is 0 Å². The minimum atomic E-state index is -1.43. The largest absolute Gasteiger partial charge is 0.496 e. The van der Waals surface area contributed by atoms with Crippen molar-refractivity contribution in [2.75, 3.05) is 26.9 Å². The molecule has 1 atom stereocenters. The minimum Gasteiger partial charge on any atom is -0.491 e. The van der Waals surface area contributed by atoms with Crippen LogP contribution in [0.4, 0.5) is 4.39 Å². The number of ether oxygens (including phenoxy) is 2. The smallest absolute Gasteiger partial charge is 0.491 e. The highest BCUT2D eigenvalue weighted by atomic mass is 19.1. The first kappa shape index (κ1) is 15.7. The van der Waals surface area contributed by atoms with Crippen LogP contribution >= 0.6 is 0 Å². The van der Waals surface area contributed by atoms with Gasteiger partial charge in [0.2, 0.25) is 6.54 Å². The number of rotatable bonds is 7. The summed E-state index contributed by atoms with van der Waals surface area (Å²) in [5.74, 6) is -0.766. The third-order valence-corrected chi connectivity index (χ3v) is 3.12. The molecule has 2 rings (SSSR count). The summed E-state index contributed by atoms with van der Waals surface area (Å²) in [7, 11) is 0.110. The number of nitro groups is 1. The highest BCUT2D eigenvalue weighted by Crippen LogP contribution is 2.29. The van der Waals surface area contributed by atoms with E-state index in [0.29, 0.717) is 18.6 Å². The lowest BCUT2D eigenvalue weighted by Crippen LogP contribution is -2.31. The number of hydrogen-bond donors (Lipinski definition) is 1. The number of methoxy groups -OCH3 is 1. The summed E-state index contributed by atoms with van der Waals surface area (Å²) in [6.07, 6.45) is -0.360. The molecule has 0 amide bonds. The summed E-state index contributed by atoms with van der Waals surface area (Å²) >= 11 is 0. The lowest BCUT2D eigenvalue weighted by Gasteiger charge is -2.12. The Kier molecular flexibility index (Phi) is 5.10. The highest BCUT2D eigenvalue weighted by molar-refractivity contribution is 6.62. The predicted octanol–water partition coefficient (Wildman–Crippen LogP) is 0.277. The van der Waals surface area contributed by atoms with E-state index in [2.05, 4.69) is 0 Å². The molecule has 0 saturated carbocycles. The molecule has 9 heteroatoms. The zero-order valence-electron chi connectivity index (χ0n) is 11.5. The average Bonchev–Trinajstić information content (AvgIpc) is 2.72. The molecular formula is C12H15BFNO6. The molecule has 7 nitrogen and oxygen atoms in total. The second-order valence-corrected chi connectivity index (χ2v) is 4.57. The second kappa shape index (κ2) is 6.84. The van der Waals surface area contributed by atoms with E-state index >= 15 is 0 Å². The van der Waals surface area contributed by atoms with Gasteiger partial charge >= 0.3 is 7.12 Å². The third-order valence-electron chi connectivity index (χ3n) is 3.12. The quantitative estimate of drug-likeness (QED) is 0.336. The lowest BCUT2D eigenvalue weighted by molar-refractivity contribution is -0.490. The predicted molar refractivity (Wildman–Crippen MR) is 71.7 cm³/mol. The van der Waals surface area contributed by atoms with Gasteiger partial charge < -0.3 is 19.2 Å². The van der Waals surface area contributed by atoms with E-state index in [4.69, 9.17) is 14.1 Å². The normalized spacial score (nSPS) is 16.9. The van der Waals surface area contributed by atoms with Crippen molar-refractivity contribution in [1.29, 1.82) is 0 Å². The lowest BCUT2D eigenvalue weighted by atomic mass is 9.78. The van der Waals surface area contributed by atoms with Crippen LogP contribution in [0.5, 0.6) is 5.75 Å². The maximum Gasteiger partial charge on any atom is 0.496 e. The molecule has 1 aliphatic rings. The van der Waals surface area contributed by atoms with Crippen LogP contribution < -0.4 is 10.2 Å². The fourth-order valence-electron chi connectivity index (χ4n) is 2.22. The van der Waals surface area contributed by atoms with Crippen LogP contribution in [0, 0.1) is 15.9 Å². The Balaban J connectivity index is 2.22. The van der Waals surface area contributed by atoms with Gasteiger partial charge in [0.1, 0.15) is 6.10 Å². The Labute approximate surface area is 120 Å². The van der Waals surface area contributed by atoms with Crippen LogP contribution in [0.15, 0.2) is 12.1 Å². The molecule has 1 unspecified atom stereocenters. The van der Waals surface area contributed by atoms with Gasteiger partial charge in [-0.2, -0.15) is 0 Å². The molecule has 0 aromatic heterocycles. The monoisotopic (exact) mass is 299 g/mol. The molecule has 0 radical (unpaired) electrons. The fraction of sp³-hybridized carbons (Fsp3) is 0.500. The van der Waals surface area contributed by atoms with Crippen molar-refractivity contribution >= 4 is 12.6 Å². The molecule has 0 aliphatic carbocycles. The van der Waals surface area contributed by atoms with Crippen molar-refractivity contribution in [1.82, 2.24) is 0 Å². The van der Waals surface area contributed by atoms with Crippen molar-refractivity contribution < 1.29 is 28.5 Å². The first-order chi connectivity index (χ1) is 10.0. The molecule has 1 N–H and O–H groups in total. The van der Waals surface area contributed by atoms with Crippen molar-refractivity contribution in [3.8, 4) is 5.75 Å². The molecule has 21 heavy (non-hydrogen) atoms. The molecule has 1 aromatic rings. The molecule has 0 fully saturated rings. The van der Waals surface area contributed by atoms with Crippen molar-refractivity contribution in [3.05, 3.63) is 33.6 Å². The number of benzene rings is 1. The molecule has 0 saturated heterocycles. The van der Waals surface area contributed by atoms with E-state index in [1.807, 2.05) is 0 Å². The first-order valence-corrected chi connectivity index (χ1v) is 6.44. The molecule has 1 aromatic carbocycles. The topological polar surface area (TPSA) is 91.1 Å². The Hall–Kier alpha value is -1.71. The third kappa shape index (κ3) is 3.49. The zero-order valence-corrected chi connectivity index (χ0v) is 11.5. The molecule has 1 aliphatic heterocycles. The summed E-state index contributed by atoms with van der Waals surface area (Å²) < 4.78 is 29.2. The SMILES string of the molecule is COCCCOc1c(F)ccc2c1B(O)OC2C[N+](=O)[O-]. The van der Waals surface area contributed by atoms with E-state index in [9.17, 15) is 19.5 Å². The van der Waals surface area contributed by atoms with Gasteiger partial charge in [-0.3, -0.25) is 10.1 Å². The number of hydrogen-bond acceptors (Lipinski definition) is 6. The van der Waals surface area contributed by atoms with E-state index in [-0.39, 0.29) is 17.8 Å². The Bertz CT molecular complexity index is 529. The van der Waals surface area contributed by atoms with Crippen molar-refractivity contribution in [3.63, 3.8) is 0 Å². The van der Waals surface area contributed by atoms with Gasteiger partial charge in [0.25, 0.3) is 0 Å². The first-order valence-electron chi connectivity index (χ1n) is 6.44. The van der Waals surface area contributed by atoms with E-state index in [1.54, 1.807) is 7.11 Å². The highest BCUT2D eigenvalue weighted by Gasteiger charge is 2.41. The van der Waals surface area contributed by atoms with E-state index in [1.165, 1.54) is 6.07 Å². The molecule has 1 heterocycles. The molecule has 0 spiro atoms. The second-order valence-electron chi connectivity index (χ2n) is 4.57. The summed E-state index contributed by atoms with van der Waals surface area (Å²) in [4.78, 5) is 10.0. The van der Waals surface area contributed by atoms with E-state index in [0.717, 1.165) is 6.07 Å². The average molecular weight is 299 g/mol. The van der Waals surface area contributed by atoms with Gasteiger partial charge in [-0.15, -0.1) is 0 Å². The van der Waals surface area contributed by atoms with Gasteiger partial charge in [-0.1, -0.05) is 6.07 Å². The molecule has 114 valence electrons. The molecular weight excluding hydrogens is 284 g/mol. The summed E-state index contributed by atoms with van der Waals surface area (Å²) in [5.41, 5.74) is 0.501. The van der Waals surface area contributed by atoms with Gasteiger partial charge in [-0.25, -0.2) is 4.39 Å². The zero-order chi connectivity index (χ0) is 15.4. The van der Waals surface area contributed by atoms with Gasteiger partial charge in [-0.05, 0) is 11.6 Å². The maximum absolute atomic E-state index is 13.9. The molecule has 0 bridgehead atoms. The van der Waals surface area contributed by atoms with Crippen LogP contribution in [0.1, 0.15) is 18.1 Å². The Morgan fingerprint density at radius 2 is 2.29 bits per heavy atom. The number of fused-ring (bicyclic) bond motifs is 1. The van der Waals surface area contributed by atoms with Crippen LogP contribution in [0.25, 0.3) is 0 Å². The van der Waals surface area contributed by atoms with Gasteiger partial charge in [0, 0.05) is 30.5 Å². The van der Waals surface area contributed by atoms with Crippen LogP contribution in [-0.2, 0) is 9.39 Å². The number of halogens is 1. The van der Waals surface area contributed by atoms with Crippen LogP contribution in [0.3, 0.4) is 0 Å². The van der Waals surface area contributed by atoms with Gasteiger partial charge in [0.05, 0.1) is 6.61 Å².